The lowest BCUT2D eigenvalue weighted by molar-refractivity contribution is 0.688. The Hall–Kier alpha value is -1.39. The zero-order valence-corrected chi connectivity index (χ0v) is 13.5. The molecule has 1 aromatic carbocycles. The first-order valence-electron chi connectivity index (χ1n) is 7.84. The predicted octanol–water partition coefficient (Wildman–Crippen LogP) is 3.60. The molecule has 0 spiro atoms. The van der Waals surface area contributed by atoms with Gasteiger partial charge in [-0.15, -0.1) is 11.3 Å². The molecule has 1 aliphatic rings. The molecule has 0 aliphatic carbocycles. The third kappa shape index (κ3) is 3.63. The van der Waals surface area contributed by atoms with Gasteiger partial charge in [-0.25, -0.2) is 4.98 Å². The topological polar surface area (TPSA) is 28.2 Å². The summed E-state index contributed by atoms with van der Waals surface area (Å²) in [7, 11) is 0. The number of benzene rings is 1. The SMILES string of the molecule is CCc1cnc(CNCc2ccccc2N2CCCC2)s1. The van der Waals surface area contributed by atoms with Crippen LogP contribution in [0.2, 0.25) is 0 Å². The number of nitrogens with zero attached hydrogens (tertiary/aromatic N) is 2. The number of aryl methyl sites for hydroxylation is 1. The maximum atomic E-state index is 4.46. The Morgan fingerprint density at radius 2 is 2.00 bits per heavy atom. The molecule has 3 nitrogen and oxygen atoms in total. The average Bonchev–Trinajstić information content (AvgIpc) is 3.19. The molecule has 1 aliphatic heterocycles. The van der Waals surface area contributed by atoms with Crippen LogP contribution in [0.4, 0.5) is 5.69 Å². The van der Waals surface area contributed by atoms with Gasteiger partial charge in [-0.05, 0) is 30.9 Å². The van der Waals surface area contributed by atoms with Crippen LogP contribution in [0.5, 0.6) is 0 Å². The van der Waals surface area contributed by atoms with E-state index in [0.717, 1.165) is 19.5 Å². The zero-order valence-electron chi connectivity index (χ0n) is 12.6. The molecule has 0 bridgehead atoms. The molecule has 4 heteroatoms. The summed E-state index contributed by atoms with van der Waals surface area (Å²) in [5.41, 5.74) is 2.79. The normalized spacial score (nSPS) is 14.8. The van der Waals surface area contributed by atoms with Crippen LogP contribution in [-0.2, 0) is 19.5 Å². The van der Waals surface area contributed by atoms with Gasteiger partial charge in [-0.1, -0.05) is 25.1 Å². The molecule has 2 aromatic rings. The second-order valence-corrected chi connectivity index (χ2v) is 6.70. The fourth-order valence-electron chi connectivity index (χ4n) is 2.82. The quantitative estimate of drug-likeness (QED) is 0.883. The second-order valence-electron chi connectivity index (χ2n) is 5.50. The molecule has 1 aromatic heterocycles. The largest absolute Gasteiger partial charge is 0.371 e. The van der Waals surface area contributed by atoms with E-state index >= 15 is 0 Å². The van der Waals surface area contributed by atoms with Crippen LogP contribution in [0.1, 0.15) is 35.2 Å². The lowest BCUT2D eigenvalue weighted by Gasteiger charge is -2.21. The van der Waals surface area contributed by atoms with Crippen molar-refractivity contribution in [3.63, 3.8) is 0 Å². The molecule has 3 rings (SSSR count). The van der Waals surface area contributed by atoms with Gasteiger partial charge in [-0.3, -0.25) is 0 Å². The predicted molar refractivity (Wildman–Crippen MR) is 89.9 cm³/mol. The Labute approximate surface area is 131 Å². The number of nitrogens with one attached hydrogen (secondary N) is 1. The number of anilines is 1. The van der Waals surface area contributed by atoms with Crippen molar-refractivity contribution in [2.24, 2.45) is 0 Å². The van der Waals surface area contributed by atoms with E-state index in [2.05, 4.69) is 46.4 Å². The third-order valence-electron chi connectivity index (χ3n) is 3.98. The minimum absolute atomic E-state index is 0.860. The summed E-state index contributed by atoms with van der Waals surface area (Å²) in [5, 5.41) is 4.73. The summed E-state index contributed by atoms with van der Waals surface area (Å²) < 4.78 is 0. The van der Waals surface area contributed by atoms with Crippen molar-refractivity contribution in [2.75, 3.05) is 18.0 Å². The van der Waals surface area contributed by atoms with Gasteiger partial charge >= 0.3 is 0 Å². The Bertz CT molecular complexity index is 573. The summed E-state index contributed by atoms with van der Waals surface area (Å²) in [6.07, 6.45) is 5.72. The van der Waals surface area contributed by atoms with Gasteiger partial charge in [0.05, 0.1) is 0 Å². The highest BCUT2D eigenvalue weighted by molar-refractivity contribution is 7.11. The Kier molecular flexibility index (Phi) is 4.88. The minimum Gasteiger partial charge on any atom is -0.371 e. The summed E-state index contributed by atoms with van der Waals surface area (Å²) >= 11 is 1.81. The van der Waals surface area contributed by atoms with E-state index in [9.17, 15) is 0 Å². The van der Waals surface area contributed by atoms with Crippen molar-refractivity contribution in [1.29, 1.82) is 0 Å². The average molecular weight is 301 g/mol. The summed E-state index contributed by atoms with van der Waals surface area (Å²) in [6, 6.07) is 8.77. The molecule has 0 saturated carbocycles. The van der Waals surface area contributed by atoms with Crippen molar-refractivity contribution in [2.45, 2.75) is 39.3 Å². The van der Waals surface area contributed by atoms with E-state index in [1.54, 1.807) is 0 Å². The molecular formula is C17H23N3S. The Morgan fingerprint density at radius 3 is 2.76 bits per heavy atom. The van der Waals surface area contributed by atoms with E-state index in [1.165, 1.54) is 47.1 Å². The first-order chi connectivity index (χ1) is 10.4. The van der Waals surface area contributed by atoms with Gasteiger partial charge < -0.3 is 10.2 Å². The second kappa shape index (κ2) is 7.05. The summed E-state index contributed by atoms with van der Waals surface area (Å²) in [5.74, 6) is 0. The van der Waals surface area contributed by atoms with Crippen molar-refractivity contribution in [3.05, 3.63) is 45.9 Å². The van der Waals surface area contributed by atoms with Crippen molar-refractivity contribution in [3.8, 4) is 0 Å². The van der Waals surface area contributed by atoms with Crippen LogP contribution >= 0.6 is 11.3 Å². The molecule has 0 amide bonds. The molecule has 0 unspecified atom stereocenters. The molecule has 0 atom stereocenters. The molecule has 1 fully saturated rings. The van der Waals surface area contributed by atoms with Crippen LogP contribution < -0.4 is 10.2 Å². The van der Waals surface area contributed by atoms with E-state index in [0.29, 0.717) is 0 Å². The number of thiazole rings is 1. The highest BCUT2D eigenvalue weighted by Crippen LogP contribution is 2.24. The molecule has 1 saturated heterocycles. The van der Waals surface area contributed by atoms with E-state index < -0.39 is 0 Å². The highest BCUT2D eigenvalue weighted by Gasteiger charge is 2.14. The number of hydrogen-bond acceptors (Lipinski definition) is 4. The Balaban J connectivity index is 1.59. The minimum atomic E-state index is 0.860. The van der Waals surface area contributed by atoms with Crippen LogP contribution in [0.3, 0.4) is 0 Å². The molecule has 1 N–H and O–H groups in total. The number of hydrogen-bond donors (Lipinski definition) is 1. The third-order valence-corrected chi connectivity index (χ3v) is 5.12. The highest BCUT2D eigenvalue weighted by atomic mass is 32.1. The summed E-state index contributed by atoms with van der Waals surface area (Å²) in [6.45, 7) is 6.34. The maximum Gasteiger partial charge on any atom is 0.107 e. The molecule has 112 valence electrons. The van der Waals surface area contributed by atoms with E-state index in [1.807, 2.05) is 17.5 Å². The first-order valence-corrected chi connectivity index (χ1v) is 8.65. The monoisotopic (exact) mass is 301 g/mol. The number of para-hydroxylation sites is 1. The van der Waals surface area contributed by atoms with E-state index in [4.69, 9.17) is 0 Å². The zero-order chi connectivity index (χ0) is 14.5. The fraction of sp³-hybridized carbons (Fsp3) is 0.471. The van der Waals surface area contributed by atoms with Gasteiger partial charge in [0, 0.05) is 42.9 Å². The number of rotatable bonds is 6. The maximum absolute atomic E-state index is 4.46. The van der Waals surface area contributed by atoms with Gasteiger partial charge in [0.2, 0.25) is 0 Å². The van der Waals surface area contributed by atoms with Crippen LogP contribution in [0.25, 0.3) is 0 Å². The number of aromatic nitrogens is 1. The fourth-order valence-corrected chi connectivity index (χ4v) is 3.66. The van der Waals surface area contributed by atoms with Gasteiger partial charge in [-0.2, -0.15) is 0 Å². The standard InChI is InChI=1S/C17H23N3S/c1-2-15-12-19-17(21-15)13-18-11-14-7-3-4-8-16(14)20-9-5-6-10-20/h3-4,7-8,12,18H,2,5-6,9-11,13H2,1H3. The van der Waals surface area contributed by atoms with Gasteiger partial charge in [0.25, 0.3) is 0 Å². The Morgan fingerprint density at radius 1 is 1.19 bits per heavy atom. The smallest absolute Gasteiger partial charge is 0.107 e. The van der Waals surface area contributed by atoms with Crippen LogP contribution in [-0.4, -0.2) is 18.1 Å². The first kappa shape index (κ1) is 14.5. The molecular weight excluding hydrogens is 278 g/mol. The van der Waals surface area contributed by atoms with Gasteiger partial charge in [0.1, 0.15) is 5.01 Å². The van der Waals surface area contributed by atoms with Crippen LogP contribution in [0.15, 0.2) is 30.5 Å². The lowest BCUT2D eigenvalue weighted by atomic mass is 10.1. The lowest BCUT2D eigenvalue weighted by Crippen LogP contribution is -2.21. The molecule has 2 heterocycles. The van der Waals surface area contributed by atoms with Crippen molar-refractivity contribution < 1.29 is 0 Å². The van der Waals surface area contributed by atoms with Crippen LogP contribution in [0, 0.1) is 0 Å². The van der Waals surface area contributed by atoms with Crippen molar-refractivity contribution >= 4 is 17.0 Å². The van der Waals surface area contributed by atoms with Gasteiger partial charge in [0.15, 0.2) is 0 Å². The van der Waals surface area contributed by atoms with E-state index in [-0.39, 0.29) is 0 Å². The molecule has 0 radical (unpaired) electrons. The van der Waals surface area contributed by atoms with Crippen molar-refractivity contribution in [1.82, 2.24) is 10.3 Å². The summed E-state index contributed by atoms with van der Waals surface area (Å²) in [4.78, 5) is 8.34. The molecule has 21 heavy (non-hydrogen) atoms.